The van der Waals surface area contributed by atoms with Crippen LogP contribution in [0.4, 0.5) is 16.2 Å². The van der Waals surface area contributed by atoms with Crippen molar-refractivity contribution in [3.63, 3.8) is 0 Å². The molecule has 172 valence electrons. The Morgan fingerprint density at radius 1 is 1.15 bits per heavy atom. The molecule has 1 aliphatic heterocycles. The molecule has 33 heavy (non-hydrogen) atoms. The first-order valence-corrected chi connectivity index (χ1v) is 10.7. The summed E-state index contributed by atoms with van der Waals surface area (Å²) in [6.45, 7) is 5.75. The molecule has 1 aliphatic rings. The lowest BCUT2D eigenvalue weighted by molar-refractivity contribution is -0.118. The summed E-state index contributed by atoms with van der Waals surface area (Å²) in [5.74, 6) is -0.118. The van der Waals surface area contributed by atoms with Gasteiger partial charge >= 0.3 is 6.09 Å². The number of anilines is 2. The van der Waals surface area contributed by atoms with Crippen LogP contribution >= 0.6 is 0 Å². The van der Waals surface area contributed by atoms with Crippen molar-refractivity contribution in [2.75, 3.05) is 16.3 Å². The summed E-state index contributed by atoms with van der Waals surface area (Å²) in [5.41, 5.74) is 2.46. The average Bonchev–Trinajstić information content (AvgIpc) is 3.20. The number of aliphatic hydroxyl groups is 1. The van der Waals surface area contributed by atoms with Gasteiger partial charge in [0.15, 0.2) is 0 Å². The van der Waals surface area contributed by atoms with Gasteiger partial charge in [0, 0.05) is 30.7 Å². The van der Waals surface area contributed by atoms with E-state index < -0.39 is 11.7 Å². The van der Waals surface area contributed by atoms with Gasteiger partial charge in [0.05, 0.1) is 42.2 Å². The Bertz CT molecular complexity index is 1170. The van der Waals surface area contributed by atoms with Gasteiger partial charge in [-0.15, -0.1) is 0 Å². The van der Waals surface area contributed by atoms with E-state index in [1.165, 1.54) is 4.90 Å². The number of nitrogens with zero attached hydrogens (tertiary/aromatic N) is 5. The van der Waals surface area contributed by atoms with Crippen LogP contribution in [0.5, 0.6) is 0 Å². The summed E-state index contributed by atoms with van der Waals surface area (Å²) in [5, 5.41) is 24.2. The molecule has 0 fully saturated rings. The number of pyridine rings is 1. The second-order valence-electron chi connectivity index (χ2n) is 8.99. The van der Waals surface area contributed by atoms with E-state index >= 15 is 0 Å². The molecule has 9 heteroatoms. The molecule has 4 rings (SSSR count). The van der Waals surface area contributed by atoms with Crippen LogP contribution < -0.4 is 9.80 Å². The topological polar surface area (TPSA) is 112 Å². The largest absolute Gasteiger partial charge is 0.465 e. The normalized spacial score (nSPS) is 15.9. The van der Waals surface area contributed by atoms with E-state index in [4.69, 9.17) is 0 Å². The quantitative estimate of drug-likeness (QED) is 0.619. The highest BCUT2D eigenvalue weighted by atomic mass is 16.4. The first-order valence-electron chi connectivity index (χ1n) is 10.7. The van der Waals surface area contributed by atoms with Gasteiger partial charge in [-0.25, -0.2) is 4.79 Å². The van der Waals surface area contributed by atoms with E-state index in [9.17, 15) is 19.8 Å². The Hall–Kier alpha value is -3.72. The molecule has 1 atom stereocenters. The minimum atomic E-state index is -1.07. The van der Waals surface area contributed by atoms with Gasteiger partial charge < -0.3 is 15.1 Å². The molecule has 2 amide bonds. The Balaban J connectivity index is 1.69. The molecule has 3 aromatic rings. The van der Waals surface area contributed by atoms with Crippen LogP contribution in [0.25, 0.3) is 11.1 Å². The van der Waals surface area contributed by atoms with Crippen molar-refractivity contribution in [1.29, 1.82) is 0 Å². The van der Waals surface area contributed by atoms with Crippen molar-refractivity contribution >= 4 is 23.4 Å². The number of rotatable bonds is 5. The number of aromatic nitrogens is 3. The van der Waals surface area contributed by atoms with Crippen molar-refractivity contribution in [3.05, 3.63) is 60.7 Å². The number of fused-ring (bicyclic) bond motifs is 1. The van der Waals surface area contributed by atoms with E-state index in [1.54, 1.807) is 60.2 Å². The molecule has 2 N–H and O–H groups in total. The number of hydrogen-bond acceptors (Lipinski definition) is 5. The highest BCUT2D eigenvalue weighted by molar-refractivity contribution is 6.04. The zero-order chi connectivity index (χ0) is 23.8. The summed E-state index contributed by atoms with van der Waals surface area (Å²) in [7, 11) is 0. The molecular formula is C24H27N5O4. The molecule has 0 radical (unpaired) electrons. The summed E-state index contributed by atoms with van der Waals surface area (Å²) >= 11 is 0. The predicted octanol–water partition coefficient (Wildman–Crippen LogP) is 3.18. The van der Waals surface area contributed by atoms with E-state index in [-0.39, 0.29) is 24.9 Å². The van der Waals surface area contributed by atoms with Gasteiger partial charge in [-0.05, 0) is 50.1 Å². The molecule has 2 aromatic heterocycles. The van der Waals surface area contributed by atoms with E-state index in [1.807, 2.05) is 25.3 Å². The maximum Gasteiger partial charge on any atom is 0.411 e. The summed E-state index contributed by atoms with van der Waals surface area (Å²) in [4.78, 5) is 32.2. The molecule has 3 heterocycles. The van der Waals surface area contributed by atoms with Crippen LogP contribution in [0.3, 0.4) is 0 Å². The van der Waals surface area contributed by atoms with Crippen molar-refractivity contribution in [3.8, 4) is 11.1 Å². The van der Waals surface area contributed by atoms with Crippen LogP contribution in [0.1, 0.15) is 26.3 Å². The SMILES string of the molecule is C[C@H]1CN(C(=O)O)c2cc(-c3cnn(CC(C)(C)O)c3)ccc2N1C(=O)Cc1cccnc1. The summed E-state index contributed by atoms with van der Waals surface area (Å²) < 4.78 is 1.65. The number of carbonyl (C=O) groups is 2. The van der Waals surface area contributed by atoms with Crippen molar-refractivity contribution in [2.45, 2.75) is 45.4 Å². The molecule has 0 saturated heterocycles. The third kappa shape index (κ3) is 4.88. The Morgan fingerprint density at radius 3 is 2.61 bits per heavy atom. The fourth-order valence-electron chi connectivity index (χ4n) is 4.12. The molecule has 0 aliphatic carbocycles. The van der Waals surface area contributed by atoms with Gasteiger partial charge in [-0.3, -0.25) is 19.4 Å². The highest BCUT2D eigenvalue weighted by Crippen LogP contribution is 2.39. The monoisotopic (exact) mass is 449 g/mol. The average molecular weight is 450 g/mol. The van der Waals surface area contributed by atoms with Crippen LogP contribution in [0.15, 0.2) is 55.1 Å². The highest BCUT2D eigenvalue weighted by Gasteiger charge is 2.35. The van der Waals surface area contributed by atoms with E-state index in [0.29, 0.717) is 17.9 Å². The zero-order valence-corrected chi connectivity index (χ0v) is 18.8. The zero-order valence-electron chi connectivity index (χ0n) is 18.8. The maximum absolute atomic E-state index is 13.2. The molecule has 0 unspecified atom stereocenters. The van der Waals surface area contributed by atoms with Gasteiger partial charge in [0.1, 0.15) is 0 Å². The van der Waals surface area contributed by atoms with Gasteiger partial charge in [-0.2, -0.15) is 5.10 Å². The third-order valence-corrected chi connectivity index (χ3v) is 5.51. The molecule has 9 nitrogen and oxygen atoms in total. The first kappa shape index (κ1) is 22.5. The maximum atomic E-state index is 13.2. The predicted molar refractivity (Wildman–Crippen MR) is 124 cm³/mol. The molecule has 0 bridgehead atoms. The Labute approximate surface area is 191 Å². The second kappa shape index (κ2) is 8.67. The third-order valence-electron chi connectivity index (χ3n) is 5.51. The standard InChI is InChI=1S/C24H27N5O4/c1-16-13-28(23(31)32)21-10-18(19-12-26-27(14-19)15-24(2,3)33)6-7-20(21)29(16)22(30)9-17-5-4-8-25-11-17/h4-8,10-12,14,16,33H,9,13,15H2,1-3H3,(H,31,32)/t16-/m0/s1. The minimum absolute atomic E-state index is 0.118. The Kier molecular flexibility index (Phi) is 5.90. The number of carbonyl (C=O) groups excluding carboxylic acids is 1. The smallest absolute Gasteiger partial charge is 0.411 e. The van der Waals surface area contributed by atoms with Gasteiger partial charge in [0.2, 0.25) is 5.91 Å². The van der Waals surface area contributed by atoms with E-state index in [0.717, 1.165) is 16.7 Å². The van der Waals surface area contributed by atoms with Crippen molar-refractivity contribution in [1.82, 2.24) is 14.8 Å². The number of carboxylic acid groups (broad SMARTS) is 1. The fourth-order valence-corrected chi connectivity index (χ4v) is 4.12. The molecule has 0 spiro atoms. The van der Waals surface area contributed by atoms with Crippen LogP contribution in [-0.4, -0.2) is 55.2 Å². The molecule has 0 saturated carbocycles. The first-order chi connectivity index (χ1) is 15.6. The van der Waals surface area contributed by atoms with Crippen LogP contribution in [0.2, 0.25) is 0 Å². The number of hydrogen-bond donors (Lipinski definition) is 2. The fraction of sp³-hybridized carbons (Fsp3) is 0.333. The summed E-state index contributed by atoms with van der Waals surface area (Å²) in [6, 6.07) is 8.71. The van der Waals surface area contributed by atoms with Crippen LogP contribution in [-0.2, 0) is 17.8 Å². The van der Waals surface area contributed by atoms with Crippen LogP contribution in [0, 0.1) is 0 Å². The lowest BCUT2D eigenvalue weighted by atomic mass is 10.0. The minimum Gasteiger partial charge on any atom is -0.465 e. The lowest BCUT2D eigenvalue weighted by Gasteiger charge is -2.40. The Morgan fingerprint density at radius 2 is 1.94 bits per heavy atom. The van der Waals surface area contributed by atoms with Gasteiger partial charge in [0.25, 0.3) is 0 Å². The number of benzene rings is 1. The number of amides is 2. The second-order valence-corrected chi connectivity index (χ2v) is 8.99. The molecular weight excluding hydrogens is 422 g/mol. The van der Waals surface area contributed by atoms with E-state index in [2.05, 4.69) is 10.1 Å². The van der Waals surface area contributed by atoms with Crippen molar-refractivity contribution < 1.29 is 19.8 Å². The van der Waals surface area contributed by atoms with Crippen molar-refractivity contribution in [2.24, 2.45) is 0 Å². The lowest BCUT2D eigenvalue weighted by Crippen LogP contribution is -2.52. The van der Waals surface area contributed by atoms with Gasteiger partial charge in [-0.1, -0.05) is 12.1 Å². The summed E-state index contributed by atoms with van der Waals surface area (Å²) in [6.07, 6.45) is 5.90. The molecule has 1 aromatic carbocycles.